The SMILES string of the molecule is Cc1cccc(NC(=O)N2CCn3cccc3C2c2ccc(C(C)(C)C)cc2)c1. The Morgan fingerprint density at radius 3 is 2.45 bits per heavy atom. The Morgan fingerprint density at radius 2 is 1.76 bits per heavy atom. The highest BCUT2D eigenvalue weighted by atomic mass is 16.2. The van der Waals surface area contributed by atoms with Crippen LogP contribution in [0.3, 0.4) is 0 Å². The van der Waals surface area contributed by atoms with Gasteiger partial charge in [0.1, 0.15) is 0 Å². The molecule has 1 aromatic heterocycles. The highest BCUT2D eigenvalue weighted by molar-refractivity contribution is 5.90. The summed E-state index contributed by atoms with van der Waals surface area (Å²) in [6.07, 6.45) is 2.10. The van der Waals surface area contributed by atoms with Gasteiger partial charge in [-0.3, -0.25) is 0 Å². The van der Waals surface area contributed by atoms with Gasteiger partial charge >= 0.3 is 6.03 Å². The van der Waals surface area contributed by atoms with Crippen molar-refractivity contribution in [2.75, 3.05) is 11.9 Å². The van der Waals surface area contributed by atoms with Gasteiger partial charge in [-0.1, -0.05) is 57.2 Å². The van der Waals surface area contributed by atoms with E-state index >= 15 is 0 Å². The van der Waals surface area contributed by atoms with Crippen LogP contribution in [-0.2, 0) is 12.0 Å². The molecule has 4 nitrogen and oxygen atoms in total. The maximum absolute atomic E-state index is 13.2. The summed E-state index contributed by atoms with van der Waals surface area (Å²) in [6, 6.07) is 20.7. The Morgan fingerprint density at radius 1 is 1.00 bits per heavy atom. The summed E-state index contributed by atoms with van der Waals surface area (Å²) >= 11 is 0. The van der Waals surface area contributed by atoms with Crippen LogP contribution in [0.15, 0.2) is 66.9 Å². The van der Waals surface area contributed by atoms with Crippen LogP contribution in [0.5, 0.6) is 0 Å². The number of urea groups is 1. The number of aryl methyl sites for hydroxylation is 1. The van der Waals surface area contributed by atoms with Crippen molar-refractivity contribution < 1.29 is 4.79 Å². The number of nitrogens with zero attached hydrogens (tertiary/aromatic N) is 2. The lowest BCUT2D eigenvalue weighted by molar-refractivity contribution is 0.182. The first kappa shape index (κ1) is 19.3. The number of hydrogen-bond donors (Lipinski definition) is 1. The Kier molecular flexibility index (Phi) is 4.95. The first-order valence-electron chi connectivity index (χ1n) is 10.2. The number of benzene rings is 2. The summed E-state index contributed by atoms with van der Waals surface area (Å²) in [5.41, 5.74) is 5.65. The number of aromatic nitrogens is 1. The molecule has 0 saturated carbocycles. The zero-order valence-electron chi connectivity index (χ0n) is 17.6. The molecule has 4 heteroatoms. The molecule has 2 heterocycles. The van der Waals surface area contributed by atoms with E-state index in [1.807, 2.05) is 36.1 Å². The number of amides is 2. The lowest BCUT2D eigenvalue weighted by Crippen LogP contribution is -2.44. The molecule has 0 fully saturated rings. The molecule has 4 rings (SSSR count). The molecule has 1 aliphatic rings. The number of fused-ring (bicyclic) bond motifs is 1. The summed E-state index contributed by atoms with van der Waals surface area (Å²) in [5, 5.41) is 3.09. The van der Waals surface area contributed by atoms with Crippen molar-refractivity contribution in [1.29, 1.82) is 0 Å². The summed E-state index contributed by atoms with van der Waals surface area (Å²) < 4.78 is 2.25. The molecule has 1 aliphatic heterocycles. The second-order valence-electron chi connectivity index (χ2n) is 8.89. The zero-order chi connectivity index (χ0) is 20.6. The van der Waals surface area contributed by atoms with E-state index in [9.17, 15) is 4.79 Å². The summed E-state index contributed by atoms with van der Waals surface area (Å²) in [5.74, 6) is 0. The maximum atomic E-state index is 13.2. The van der Waals surface area contributed by atoms with Gasteiger partial charge in [0.15, 0.2) is 0 Å². The normalized spacial score (nSPS) is 16.4. The van der Waals surface area contributed by atoms with Gasteiger partial charge < -0.3 is 14.8 Å². The second kappa shape index (κ2) is 7.43. The number of rotatable bonds is 2. The van der Waals surface area contributed by atoms with Crippen LogP contribution in [0.25, 0.3) is 0 Å². The van der Waals surface area contributed by atoms with Crippen molar-refractivity contribution in [2.24, 2.45) is 0 Å². The minimum atomic E-state index is -0.0995. The molecule has 2 amide bonds. The van der Waals surface area contributed by atoms with E-state index in [1.54, 1.807) is 0 Å². The molecule has 2 aromatic carbocycles. The van der Waals surface area contributed by atoms with Crippen LogP contribution < -0.4 is 5.32 Å². The molecule has 1 unspecified atom stereocenters. The second-order valence-corrected chi connectivity index (χ2v) is 8.89. The van der Waals surface area contributed by atoms with Gasteiger partial charge in [-0.05, 0) is 53.3 Å². The topological polar surface area (TPSA) is 37.3 Å². The monoisotopic (exact) mass is 387 g/mol. The van der Waals surface area contributed by atoms with Gasteiger partial charge in [-0.15, -0.1) is 0 Å². The van der Waals surface area contributed by atoms with E-state index in [0.717, 1.165) is 29.1 Å². The van der Waals surface area contributed by atoms with Crippen LogP contribution >= 0.6 is 0 Å². The van der Waals surface area contributed by atoms with E-state index in [0.29, 0.717) is 6.54 Å². The van der Waals surface area contributed by atoms with Crippen LogP contribution in [0, 0.1) is 6.92 Å². The Bertz CT molecular complexity index is 1010. The first-order valence-corrected chi connectivity index (χ1v) is 10.2. The molecule has 150 valence electrons. The molecule has 29 heavy (non-hydrogen) atoms. The Hall–Kier alpha value is -3.01. The predicted octanol–water partition coefficient (Wildman–Crippen LogP) is 5.73. The standard InChI is InChI=1S/C25H29N3O/c1-18-7-5-8-21(17-18)26-24(29)28-16-15-27-14-6-9-22(27)23(28)19-10-12-20(13-11-19)25(2,3)4/h5-14,17,23H,15-16H2,1-4H3,(H,26,29). The number of carbonyl (C=O) groups excluding carboxylic acids is 1. The quantitative estimate of drug-likeness (QED) is 0.599. The van der Waals surface area contributed by atoms with Gasteiger partial charge in [0.2, 0.25) is 0 Å². The molecule has 0 saturated heterocycles. The molecule has 1 N–H and O–H groups in total. The van der Waals surface area contributed by atoms with Crippen LogP contribution in [0.4, 0.5) is 10.5 Å². The van der Waals surface area contributed by atoms with Crippen LogP contribution in [0.2, 0.25) is 0 Å². The first-order chi connectivity index (χ1) is 13.8. The summed E-state index contributed by atoms with van der Waals surface area (Å²) in [7, 11) is 0. The number of carbonyl (C=O) groups is 1. The van der Waals surface area contributed by atoms with Crippen molar-refractivity contribution >= 4 is 11.7 Å². The summed E-state index contributed by atoms with van der Waals surface area (Å²) in [4.78, 5) is 15.2. The molecule has 0 radical (unpaired) electrons. The van der Waals surface area contributed by atoms with Gasteiger partial charge in [0.05, 0.1) is 6.04 Å². The maximum Gasteiger partial charge on any atom is 0.322 e. The van der Waals surface area contributed by atoms with Crippen molar-refractivity contribution in [2.45, 2.75) is 45.7 Å². The molecular formula is C25H29N3O. The van der Waals surface area contributed by atoms with Crippen molar-refractivity contribution in [3.63, 3.8) is 0 Å². The number of hydrogen-bond acceptors (Lipinski definition) is 1. The minimum absolute atomic E-state index is 0.0621. The average Bonchev–Trinajstić information content (AvgIpc) is 3.15. The highest BCUT2D eigenvalue weighted by Crippen LogP contribution is 2.34. The fourth-order valence-corrected chi connectivity index (χ4v) is 4.04. The summed E-state index contributed by atoms with van der Waals surface area (Å²) in [6.45, 7) is 10.2. The number of nitrogens with one attached hydrogen (secondary N) is 1. The fraction of sp³-hybridized carbons (Fsp3) is 0.320. The average molecular weight is 388 g/mol. The van der Waals surface area contributed by atoms with E-state index in [2.05, 4.69) is 73.3 Å². The highest BCUT2D eigenvalue weighted by Gasteiger charge is 2.32. The number of anilines is 1. The van der Waals surface area contributed by atoms with Crippen molar-refractivity contribution in [3.8, 4) is 0 Å². The molecule has 0 bridgehead atoms. The Balaban J connectivity index is 1.67. The van der Waals surface area contributed by atoms with Gasteiger partial charge in [-0.25, -0.2) is 4.79 Å². The smallest absolute Gasteiger partial charge is 0.322 e. The predicted molar refractivity (Wildman–Crippen MR) is 118 cm³/mol. The van der Waals surface area contributed by atoms with Crippen molar-refractivity contribution in [3.05, 3.63) is 89.2 Å². The third-order valence-electron chi connectivity index (χ3n) is 5.66. The van der Waals surface area contributed by atoms with E-state index in [1.165, 1.54) is 5.56 Å². The minimum Gasteiger partial charge on any atom is -0.348 e. The lowest BCUT2D eigenvalue weighted by Gasteiger charge is -2.37. The van der Waals surface area contributed by atoms with Gasteiger partial charge in [0.25, 0.3) is 0 Å². The molecule has 3 aromatic rings. The molecular weight excluding hydrogens is 358 g/mol. The molecule has 0 aliphatic carbocycles. The molecule has 1 atom stereocenters. The lowest BCUT2D eigenvalue weighted by atomic mass is 9.86. The van der Waals surface area contributed by atoms with Gasteiger partial charge in [-0.2, -0.15) is 0 Å². The van der Waals surface area contributed by atoms with Gasteiger partial charge in [0, 0.05) is 30.7 Å². The fourth-order valence-electron chi connectivity index (χ4n) is 4.04. The van der Waals surface area contributed by atoms with E-state index in [-0.39, 0.29) is 17.5 Å². The van der Waals surface area contributed by atoms with E-state index in [4.69, 9.17) is 0 Å². The van der Waals surface area contributed by atoms with E-state index < -0.39 is 0 Å². The third kappa shape index (κ3) is 3.93. The molecule has 0 spiro atoms. The zero-order valence-corrected chi connectivity index (χ0v) is 17.6. The third-order valence-corrected chi connectivity index (χ3v) is 5.66. The largest absolute Gasteiger partial charge is 0.348 e. The van der Waals surface area contributed by atoms with Crippen molar-refractivity contribution in [1.82, 2.24) is 9.47 Å². The van der Waals surface area contributed by atoms with Crippen LogP contribution in [0.1, 0.15) is 49.2 Å². The van der Waals surface area contributed by atoms with Crippen LogP contribution in [-0.4, -0.2) is 22.0 Å². The Labute approximate surface area is 173 Å².